The second-order valence-electron chi connectivity index (χ2n) is 7.32. The lowest BCUT2D eigenvalue weighted by atomic mass is 9.94. The molecule has 160 valence electrons. The van der Waals surface area contributed by atoms with E-state index in [1.807, 2.05) is 0 Å². The average Bonchev–Trinajstić information content (AvgIpc) is 2.67. The van der Waals surface area contributed by atoms with Crippen molar-refractivity contribution >= 4 is 39.1 Å². The molecule has 3 rings (SSSR count). The maximum absolute atomic E-state index is 13.4. The van der Waals surface area contributed by atoms with E-state index in [4.69, 9.17) is 11.6 Å². The van der Waals surface area contributed by atoms with Gasteiger partial charge in [-0.05, 0) is 48.9 Å². The summed E-state index contributed by atoms with van der Waals surface area (Å²) in [6.07, 6.45) is 0.986. The van der Waals surface area contributed by atoms with Crippen molar-refractivity contribution < 1.29 is 22.4 Å². The summed E-state index contributed by atoms with van der Waals surface area (Å²) in [5.41, 5.74) is -0.451. The van der Waals surface area contributed by atoms with Gasteiger partial charge in [-0.15, -0.1) is 0 Å². The van der Waals surface area contributed by atoms with Crippen molar-refractivity contribution in [2.45, 2.75) is 19.0 Å². The third-order valence-electron chi connectivity index (χ3n) is 4.95. The van der Waals surface area contributed by atoms with Crippen LogP contribution in [0.1, 0.15) is 12.5 Å². The van der Waals surface area contributed by atoms with E-state index in [0.717, 1.165) is 16.1 Å². The van der Waals surface area contributed by atoms with Gasteiger partial charge in [-0.3, -0.25) is 14.5 Å². The molecular weight excluding hydrogens is 433 g/mol. The molecule has 1 aliphatic heterocycles. The molecule has 0 spiro atoms. The van der Waals surface area contributed by atoms with Crippen LogP contribution < -0.4 is 10.2 Å². The standard InChI is InChI=1S/C20H21ClFN3O4S/c1-20(19(27)23-11-14-3-5-15(21)6-4-14)13-24(30(2,28)29)12-18(26)25(20)17-9-7-16(22)8-10-17/h3-10H,11-13H2,1-2H3,(H,23,27). The number of hydrogen-bond donors (Lipinski definition) is 1. The van der Waals surface area contributed by atoms with Crippen molar-refractivity contribution in [2.75, 3.05) is 24.2 Å². The van der Waals surface area contributed by atoms with Gasteiger partial charge in [-0.25, -0.2) is 12.8 Å². The van der Waals surface area contributed by atoms with Crippen molar-refractivity contribution in [3.8, 4) is 0 Å². The number of anilines is 1. The van der Waals surface area contributed by atoms with E-state index in [1.165, 1.54) is 36.1 Å². The Morgan fingerprint density at radius 3 is 2.33 bits per heavy atom. The Hall–Kier alpha value is -2.49. The molecule has 0 aliphatic carbocycles. The van der Waals surface area contributed by atoms with Crippen LogP contribution in [0.5, 0.6) is 0 Å². The molecule has 30 heavy (non-hydrogen) atoms. The molecular formula is C20H21ClFN3O4S. The molecule has 1 heterocycles. The van der Waals surface area contributed by atoms with E-state index in [-0.39, 0.29) is 13.1 Å². The first-order valence-electron chi connectivity index (χ1n) is 9.07. The number of amides is 2. The number of halogens is 2. The molecule has 2 aromatic carbocycles. The number of sulfonamides is 1. The number of rotatable bonds is 5. The zero-order chi connectivity index (χ0) is 22.1. The van der Waals surface area contributed by atoms with E-state index < -0.39 is 39.7 Å². The third-order valence-corrected chi connectivity index (χ3v) is 6.40. The Kier molecular flexibility index (Phi) is 6.16. The zero-order valence-corrected chi connectivity index (χ0v) is 18.0. The van der Waals surface area contributed by atoms with Crippen LogP contribution in [-0.4, -0.2) is 49.4 Å². The summed E-state index contributed by atoms with van der Waals surface area (Å²) in [6, 6.07) is 12.0. The van der Waals surface area contributed by atoms with Crippen LogP contribution in [0.2, 0.25) is 5.02 Å². The largest absolute Gasteiger partial charge is 0.350 e. The first kappa shape index (κ1) is 22.2. The number of nitrogens with zero attached hydrogens (tertiary/aromatic N) is 2. The molecule has 0 radical (unpaired) electrons. The number of carbonyl (C=O) groups excluding carboxylic acids is 2. The third kappa shape index (κ3) is 4.63. The van der Waals surface area contributed by atoms with Gasteiger partial charge in [0.05, 0.1) is 12.8 Å². The molecule has 1 fully saturated rings. The lowest BCUT2D eigenvalue weighted by Gasteiger charge is -2.46. The highest BCUT2D eigenvalue weighted by molar-refractivity contribution is 7.88. The van der Waals surface area contributed by atoms with Gasteiger partial charge in [0.2, 0.25) is 21.8 Å². The second-order valence-corrected chi connectivity index (χ2v) is 9.74. The number of benzene rings is 2. The van der Waals surface area contributed by atoms with Crippen LogP contribution >= 0.6 is 11.6 Å². The molecule has 10 heteroatoms. The Labute approximate surface area is 179 Å². The van der Waals surface area contributed by atoms with E-state index in [9.17, 15) is 22.4 Å². The number of nitrogens with one attached hydrogen (secondary N) is 1. The molecule has 1 atom stereocenters. The highest BCUT2D eigenvalue weighted by Gasteiger charge is 2.50. The minimum atomic E-state index is -3.72. The highest BCUT2D eigenvalue weighted by Crippen LogP contribution is 2.30. The van der Waals surface area contributed by atoms with E-state index in [2.05, 4.69) is 5.32 Å². The van der Waals surface area contributed by atoms with Crippen molar-refractivity contribution in [2.24, 2.45) is 0 Å². The molecule has 7 nitrogen and oxygen atoms in total. The summed E-state index contributed by atoms with van der Waals surface area (Å²) in [4.78, 5) is 27.3. The van der Waals surface area contributed by atoms with Crippen LogP contribution in [0.25, 0.3) is 0 Å². The molecule has 1 saturated heterocycles. The summed E-state index contributed by atoms with van der Waals surface area (Å²) in [7, 11) is -3.72. The summed E-state index contributed by atoms with van der Waals surface area (Å²) >= 11 is 5.87. The molecule has 0 saturated carbocycles. The molecule has 1 unspecified atom stereocenters. The fourth-order valence-electron chi connectivity index (χ4n) is 3.37. The summed E-state index contributed by atoms with van der Waals surface area (Å²) < 4.78 is 38.6. The normalized spacial score (nSPS) is 20.3. The zero-order valence-electron chi connectivity index (χ0n) is 16.4. The maximum Gasteiger partial charge on any atom is 0.247 e. The quantitative estimate of drug-likeness (QED) is 0.751. The first-order chi connectivity index (χ1) is 14.0. The molecule has 0 aromatic heterocycles. The van der Waals surface area contributed by atoms with Gasteiger partial charge in [0.15, 0.2) is 0 Å². The fourth-order valence-corrected chi connectivity index (χ4v) is 4.33. The SMILES string of the molecule is CC1(C(=O)NCc2ccc(Cl)cc2)CN(S(C)(=O)=O)CC(=O)N1c1ccc(F)cc1. The summed E-state index contributed by atoms with van der Waals surface area (Å²) in [5.74, 6) is -1.61. The minimum Gasteiger partial charge on any atom is -0.350 e. The molecule has 2 amide bonds. The lowest BCUT2D eigenvalue weighted by Crippen LogP contribution is -2.70. The predicted octanol–water partition coefficient (Wildman–Crippen LogP) is 2.16. The van der Waals surface area contributed by atoms with Crippen LogP contribution in [0, 0.1) is 5.82 Å². The van der Waals surface area contributed by atoms with Crippen LogP contribution in [0.4, 0.5) is 10.1 Å². The smallest absolute Gasteiger partial charge is 0.247 e. The van der Waals surface area contributed by atoms with Crippen molar-refractivity contribution in [3.05, 3.63) is 64.9 Å². The van der Waals surface area contributed by atoms with Crippen LogP contribution in [0.3, 0.4) is 0 Å². The summed E-state index contributed by atoms with van der Waals surface area (Å²) in [5, 5.41) is 3.32. The number of piperazine rings is 1. The molecule has 0 bridgehead atoms. The number of hydrogen-bond acceptors (Lipinski definition) is 4. The van der Waals surface area contributed by atoms with Gasteiger partial charge in [-0.1, -0.05) is 23.7 Å². The molecule has 1 N–H and O–H groups in total. The van der Waals surface area contributed by atoms with Gasteiger partial charge in [0.25, 0.3) is 0 Å². The lowest BCUT2D eigenvalue weighted by molar-refractivity contribution is -0.133. The molecule has 1 aliphatic rings. The Morgan fingerprint density at radius 2 is 1.77 bits per heavy atom. The fraction of sp³-hybridized carbons (Fsp3) is 0.300. The van der Waals surface area contributed by atoms with Crippen LogP contribution in [-0.2, 0) is 26.2 Å². The Bertz CT molecular complexity index is 1060. The Balaban J connectivity index is 1.93. The van der Waals surface area contributed by atoms with Crippen molar-refractivity contribution in [1.29, 1.82) is 0 Å². The monoisotopic (exact) mass is 453 g/mol. The van der Waals surface area contributed by atoms with Crippen molar-refractivity contribution in [1.82, 2.24) is 9.62 Å². The van der Waals surface area contributed by atoms with Gasteiger partial charge in [0.1, 0.15) is 11.4 Å². The second kappa shape index (κ2) is 8.33. The predicted molar refractivity (Wildman–Crippen MR) is 112 cm³/mol. The average molecular weight is 454 g/mol. The van der Waals surface area contributed by atoms with Crippen LogP contribution in [0.15, 0.2) is 48.5 Å². The van der Waals surface area contributed by atoms with Gasteiger partial charge >= 0.3 is 0 Å². The van der Waals surface area contributed by atoms with Gasteiger partial charge in [-0.2, -0.15) is 4.31 Å². The Morgan fingerprint density at radius 1 is 1.17 bits per heavy atom. The topological polar surface area (TPSA) is 86.8 Å². The minimum absolute atomic E-state index is 0.163. The summed E-state index contributed by atoms with van der Waals surface area (Å²) in [6.45, 7) is 1.01. The molecule has 2 aromatic rings. The number of carbonyl (C=O) groups is 2. The first-order valence-corrected chi connectivity index (χ1v) is 11.3. The van der Waals surface area contributed by atoms with E-state index >= 15 is 0 Å². The van der Waals surface area contributed by atoms with E-state index in [0.29, 0.717) is 10.7 Å². The van der Waals surface area contributed by atoms with Gasteiger partial charge in [0, 0.05) is 23.8 Å². The maximum atomic E-state index is 13.4. The van der Waals surface area contributed by atoms with Crippen molar-refractivity contribution in [3.63, 3.8) is 0 Å². The van der Waals surface area contributed by atoms with Gasteiger partial charge < -0.3 is 5.32 Å². The highest BCUT2D eigenvalue weighted by atomic mass is 35.5. The van der Waals surface area contributed by atoms with E-state index in [1.54, 1.807) is 24.3 Å².